The second-order valence-corrected chi connectivity index (χ2v) is 3.56. The van der Waals surface area contributed by atoms with Crippen molar-refractivity contribution in [3.63, 3.8) is 0 Å². The Morgan fingerprint density at radius 2 is 1.94 bits per heavy atom. The summed E-state index contributed by atoms with van der Waals surface area (Å²) < 4.78 is 43.1. The summed E-state index contributed by atoms with van der Waals surface area (Å²) in [6.07, 6.45) is -4.59. The van der Waals surface area contributed by atoms with Crippen LogP contribution in [0.15, 0.2) is 18.2 Å². The summed E-state index contributed by atoms with van der Waals surface area (Å²) in [6.45, 7) is 0. The Morgan fingerprint density at radius 3 is 2.53 bits per heavy atom. The molecule has 1 aromatic carbocycles. The highest BCUT2D eigenvalue weighted by molar-refractivity contribution is 6.28. The number of hydrogen-bond acceptors (Lipinski definition) is 3. The molecular weight excluding hydrogens is 257 g/mol. The normalized spacial score (nSPS) is 11.8. The smallest absolute Gasteiger partial charge is 0.434 e. The lowest BCUT2D eigenvalue weighted by molar-refractivity contribution is -0.139. The summed E-state index contributed by atoms with van der Waals surface area (Å²) in [7, 11) is 1.37. The van der Waals surface area contributed by atoms with E-state index in [1.807, 2.05) is 0 Å². The van der Waals surface area contributed by atoms with Gasteiger partial charge in [0.2, 0.25) is 5.28 Å². The molecule has 0 unspecified atom stereocenters. The molecule has 0 radical (unpaired) electrons. The van der Waals surface area contributed by atoms with Gasteiger partial charge in [-0.3, -0.25) is 0 Å². The van der Waals surface area contributed by atoms with Gasteiger partial charge in [0.25, 0.3) is 0 Å². The summed E-state index contributed by atoms with van der Waals surface area (Å²) in [5.41, 5.74) is -0.940. The van der Waals surface area contributed by atoms with Gasteiger partial charge < -0.3 is 4.74 Å². The van der Waals surface area contributed by atoms with E-state index in [-0.39, 0.29) is 10.9 Å². The predicted molar refractivity (Wildman–Crippen MR) is 56.1 cm³/mol. The fourth-order valence-electron chi connectivity index (χ4n) is 1.42. The van der Waals surface area contributed by atoms with Gasteiger partial charge in [-0.25, -0.2) is 9.97 Å². The minimum Gasteiger partial charge on any atom is -0.497 e. The van der Waals surface area contributed by atoms with Crippen molar-refractivity contribution in [3.05, 3.63) is 29.2 Å². The van der Waals surface area contributed by atoms with E-state index in [0.29, 0.717) is 5.75 Å². The standard InChI is InChI=1S/C10H6ClF3N2O/c1-17-5-2-3-7-6(4-5)8(10(12,13)14)16-9(11)15-7/h2-4H,1H3. The molecule has 2 aromatic rings. The van der Waals surface area contributed by atoms with Gasteiger partial charge in [0.1, 0.15) is 5.75 Å². The van der Waals surface area contributed by atoms with Crippen LogP contribution in [0.25, 0.3) is 10.9 Å². The van der Waals surface area contributed by atoms with Crippen LogP contribution in [-0.2, 0) is 6.18 Å². The molecule has 0 bridgehead atoms. The van der Waals surface area contributed by atoms with E-state index < -0.39 is 17.2 Å². The van der Waals surface area contributed by atoms with Crippen LogP contribution in [0.2, 0.25) is 5.28 Å². The van der Waals surface area contributed by atoms with Crippen molar-refractivity contribution in [1.82, 2.24) is 9.97 Å². The SMILES string of the molecule is COc1ccc2nc(Cl)nc(C(F)(F)F)c2c1. The molecule has 0 saturated heterocycles. The van der Waals surface area contributed by atoms with E-state index in [0.717, 1.165) is 0 Å². The molecule has 0 aliphatic rings. The van der Waals surface area contributed by atoms with Gasteiger partial charge in [-0.05, 0) is 29.8 Å². The van der Waals surface area contributed by atoms with Crippen molar-refractivity contribution < 1.29 is 17.9 Å². The number of fused-ring (bicyclic) bond motifs is 1. The molecule has 1 heterocycles. The molecule has 17 heavy (non-hydrogen) atoms. The molecule has 0 saturated carbocycles. The van der Waals surface area contributed by atoms with Crippen LogP contribution >= 0.6 is 11.6 Å². The molecular formula is C10H6ClF3N2O. The highest BCUT2D eigenvalue weighted by Gasteiger charge is 2.35. The zero-order chi connectivity index (χ0) is 12.6. The molecule has 0 fully saturated rings. The minimum absolute atomic E-state index is 0.123. The Hall–Kier alpha value is -1.56. The first-order valence-corrected chi connectivity index (χ1v) is 4.88. The van der Waals surface area contributed by atoms with E-state index in [9.17, 15) is 13.2 Å². The molecule has 1 aromatic heterocycles. The number of benzene rings is 1. The number of aromatic nitrogens is 2. The van der Waals surface area contributed by atoms with E-state index in [2.05, 4.69) is 9.97 Å². The highest BCUT2D eigenvalue weighted by atomic mass is 35.5. The number of alkyl halides is 3. The van der Waals surface area contributed by atoms with Crippen LogP contribution in [-0.4, -0.2) is 17.1 Å². The van der Waals surface area contributed by atoms with Gasteiger partial charge in [-0.15, -0.1) is 0 Å². The van der Waals surface area contributed by atoms with E-state index in [1.165, 1.54) is 25.3 Å². The monoisotopic (exact) mass is 262 g/mol. The Morgan fingerprint density at radius 1 is 1.24 bits per heavy atom. The minimum atomic E-state index is -4.59. The van der Waals surface area contributed by atoms with Crippen molar-refractivity contribution in [2.24, 2.45) is 0 Å². The molecule has 0 aliphatic carbocycles. The molecule has 90 valence electrons. The zero-order valence-corrected chi connectivity index (χ0v) is 9.30. The van der Waals surface area contributed by atoms with Crippen molar-refractivity contribution in [2.75, 3.05) is 7.11 Å². The molecule has 2 rings (SSSR count). The van der Waals surface area contributed by atoms with E-state index in [4.69, 9.17) is 16.3 Å². The number of rotatable bonds is 1. The molecule has 0 amide bonds. The third-order valence-corrected chi connectivity index (χ3v) is 2.31. The molecule has 0 N–H and O–H groups in total. The van der Waals surface area contributed by atoms with Crippen LogP contribution in [0.1, 0.15) is 5.69 Å². The van der Waals surface area contributed by atoms with Crippen LogP contribution in [0.3, 0.4) is 0 Å². The van der Waals surface area contributed by atoms with Crippen LogP contribution < -0.4 is 4.74 Å². The molecule has 3 nitrogen and oxygen atoms in total. The van der Waals surface area contributed by atoms with Gasteiger partial charge >= 0.3 is 6.18 Å². The van der Waals surface area contributed by atoms with Gasteiger partial charge in [-0.2, -0.15) is 13.2 Å². The number of nitrogens with zero attached hydrogens (tertiary/aromatic N) is 2. The maximum atomic E-state index is 12.7. The number of methoxy groups -OCH3 is 1. The average molecular weight is 263 g/mol. The molecule has 7 heteroatoms. The van der Waals surface area contributed by atoms with Crippen LogP contribution in [0.4, 0.5) is 13.2 Å². The average Bonchev–Trinajstić information content (AvgIpc) is 2.26. The van der Waals surface area contributed by atoms with Crippen molar-refractivity contribution >= 4 is 22.5 Å². The topological polar surface area (TPSA) is 35.0 Å². The second kappa shape index (κ2) is 4.03. The summed E-state index contributed by atoms with van der Waals surface area (Å²) in [5.74, 6) is 0.300. The Bertz CT molecular complexity index is 571. The van der Waals surface area contributed by atoms with Gasteiger partial charge in [0.05, 0.1) is 12.6 Å². The fraction of sp³-hybridized carbons (Fsp3) is 0.200. The van der Waals surface area contributed by atoms with E-state index in [1.54, 1.807) is 0 Å². The maximum Gasteiger partial charge on any atom is 0.434 e. The van der Waals surface area contributed by atoms with Gasteiger partial charge in [-0.1, -0.05) is 0 Å². The lowest BCUT2D eigenvalue weighted by Crippen LogP contribution is -2.10. The Kier molecular flexibility index (Phi) is 2.82. The van der Waals surface area contributed by atoms with Crippen molar-refractivity contribution in [2.45, 2.75) is 6.18 Å². The fourth-order valence-corrected chi connectivity index (χ4v) is 1.60. The summed E-state index contributed by atoms with van der Waals surface area (Å²) in [4.78, 5) is 6.95. The third-order valence-electron chi connectivity index (χ3n) is 2.14. The summed E-state index contributed by atoms with van der Waals surface area (Å²) in [5, 5.41) is -0.573. The largest absolute Gasteiger partial charge is 0.497 e. The maximum absolute atomic E-state index is 12.7. The number of ether oxygens (including phenoxy) is 1. The number of halogens is 4. The number of hydrogen-bond donors (Lipinski definition) is 0. The lowest BCUT2D eigenvalue weighted by Gasteiger charge is -2.10. The van der Waals surface area contributed by atoms with E-state index >= 15 is 0 Å². The van der Waals surface area contributed by atoms with Gasteiger partial charge in [0, 0.05) is 5.39 Å². The molecule has 0 aliphatic heterocycles. The molecule has 0 spiro atoms. The first-order valence-electron chi connectivity index (χ1n) is 4.50. The van der Waals surface area contributed by atoms with Gasteiger partial charge in [0.15, 0.2) is 5.69 Å². The third kappa shape index (κ3) is 2.26. The summed E-state index contributed by atoms with van der Waals surface area (Å²) in [6, 6.07) is 4.14. The second-order valence-electron chi connectivity index (χ2n) is 3.22. The lowest BCUT2D eigenvalue weighted by atomic mass is 10.1. The quantitative estimate of drug-likeness (QED) is 0.740. The van der Waals surface area contributed by atoms with Crippen molar-refractivity contribution in [1.29, 1.82) is 0 Å². The van der Waals surface area contributed by atoms with Crippen LogP contribution in [0.5, 0.6) is 5.75 Å². The Labute approximate surface area is 99.2 Å². The highest BCUT2D eigenvalue weighted by Crippen LogP contribution is 2.34. The summed E-state index contributed by atoms with van der Waals surface area (Å²) >= 11 is 5.45. The predicted octanol–water partition coefficient (Wildman–Crippen LogP) is 3.31. The first kappa shape index (κ1) is 11.9. The molecule has 0 atom stereocenters. The Balaban J connectivity index is 2.80. The van der Waals surface area contributed by atoms with Crippen molar-refractivity contribution in [3.8, 4) is 5.75 Å². The van der Waals surface area contributed by atoms with Crippen LogP contribution in [0, 0.1) is 0 Å². The zero-order valence-electron chi connectivity index (χ0n) is 8.55. The first-order chi connectivity index (χ1) is 7.91.